The predicted molar refractivity (Wildman–Crippen MR) is 35.8 cm³/mol. The number of carbonyl (C=O) groups excluding carboxylic acids is 1. The molecular weight excluding hydrogens is 150 g/mol. The number of hydrogen-bond acceptors (Lipinski definition) is 5. The lowest BCUT2D eigenvalue weighted by Gasteiger charge is -2.41. The van der Waals surface area contributed by atoms with Crippen molar-refractivity contribution in [2.24, 2.45) is 0 Å². The smallest absolute Gasteiger partial charge is 0.163 e. The summed E-state index contributed by atoms with van der Waals surface area (Å²) in [5.74, 6) is 0. The molecule has 1 aliphatic rings. The van der Waals surface area contributed by atoms with Crippen LogP contribution in [0.25, 0.3) is 0 Å². The van der Waals surface area contributed by atoms with Gasteiger partial charge < -0.3 is 14.9 Å². The first-order chi connectivity index (χ1) is 5.22. The monoisotopic (exact) mass is 161 g/mol. The number of hydrogen-bond donors (Lipinski definition) is 3. The van der Waals surface area contributed by atoms with Crippen molar-refractivity contribution in [2.45, 2.75) is 11.8 Å². The summed E-state index contributed by atoms with van der Waals surface area (Å²) in [5.41, 5.74) is -0.611. The molecule has 1 atom stereocenters. The minimum atomic E-state index is -1.22. The Morgan fingerprint density at radius 1 is 1.73 bits per heavy atom. The van der Waals surface area contributed by atoms with Crippen molar-refractivity contribution in [3.05, 3.63) is 0 Å². The van der Waals surface area contributed by atoms with Gasteiger partial charge in [-0.05, 0) is 0 Å². The molecule has 1 aliphatic heterocycles. The van der Waals surface area contributed by atoms with E-state index < -0.39 is 11.8 Å². The first-order valence-electron chi connectivity index (χ1n) is 3.32. The van der Waals surface area contributed by atoms with Crippen LogP contribution in [0.1, 0.15) is 0 Å². The molecule has 0 aliphatic carbocycles. The van der Waals surface area contributed by atoms with Crippen molar-refractivity contribution in [2.75, 3.05) is 19.8 Å². The first-order valence-corrected chi connectivity index (χ1v) is 3.32. The lowest BCUT2D eigenvalue weighted by molar-refractivity contribution is -0.133. The molecule has 5 nitrogen and oxygen atoms in total. The maximum Gasteiger partial charge on any atom is 0.163 e. The number of rotatable bonds is 4. The average molecular weight is 161 g/mol. The Balaban J connectivity index is 2.37. The molecule has 0 amide bonds. The van der Waals surface area contributed by atoms with E-state index in [-0.39, 0.29) is 6.61 Å². The summed E-state index contributed by atoms with van der Waals surface area (Å²) >= 11 is 0. The van der Waals surface area contributed by atoms with E-state index in [0.717, 1.165) is 0 Å². The molecule has 0 radical (unpaired) electrons. The fourth-order valence-electron chi connectivity index (χ4n) is 0.916. The zero-order valence-electron chi connectivity index (χ0n) is 5.99. The number of aliphatic hydroxyl groups is 2. The zero-order chi connectivity index (χ0) is 8.32. The SMILES string of the molecule is O=CC(O)NC1(CO)COC1. The molecule has 64 valence electrons. The highest BCUT2D eigenvalue weighted by atomic mass is 16.5. The van der Waals surface area contributed by atoms with Gasteiger partial charge in [0.15, 0.2) is 12.5 Å². The third kappa shape index (κ3) is 1.75. The van der Waals surface area contributed by atoms with Gasteiger partial charge in [-0.15, -0.1) is 0 Å². The van der Waals surface area contributed by atoms with Crippen LogP contribution in [0.15, 0.2) is 0 Å². The minimum Gasteiger partial charge on any atom is -0.394 e. The summed E-state index contributed by atoms with van der Waals surface area (Å²) in [4.78, 5) is 10.0. The van der Waals surface area contributed by atoms with Gasteiger partial charge in [-0.25, -0.2) is 0 Å². The van der Waals surface area contributed by atoms with Crippen LogP contribution >= 0.6 is 0 Å². The number of nitrogens with one attached hydrogen (secondary N) is 1. The molecule has 0 aromatic rings. The summed E-state index contributed by atoms with van der Waals surface area (Å²) in [6.07, 6.45) is -0.846. The Kier molecular flexibility index (Phi) is 2.56. The second kappa shape index (κ2) is 3.27. The number of carbonyl (C=O) groups is 1. The van der Waals surface area contributed by atoms with Crippen LogP contribution in [0.2, 0.25) is 0 Å². The van der Waals surface area contributed by atoms with Crippen molar-refractivity contribution in [3.63, 3.8) is 0 Å². The maximum atomic E-state index is 10.0. The molecule has 1 rings (SSSR count). The quantitative estimate of drug-likeness (QED) is 0.324. The van der Waals surface area contributed by atoms with Crippen LogP contribution in [-0.2, 0) is 9.53 Å². The van der Waals surface area contributed by atoms with E-state index in [9.17, 15) is 4.79 Å². The van der Waals surface area contributed by atoms with Crippen LogP contribution in [0.4, 0.5) is 0 Å². The van der Waals surface area contributed by atoms with Crippen molar-refractivity contribution < 1.29 is 19.7 Å². The van der Waals surface area contributed by atoms with Gasteiger partial charge in [-0.2, -0.15) is 0 Å². The molecule has 3 N–H and O–H groups in total. The van der Waals surface area contributed by atoms with E-state index in [2.05, 4.69) is 5.32 Å². The third-order valence-electron chi connectivity index (χ3n) is 1.64. The summed E-state index contributed by atoms with van der Waals surface area (Å²) in [6.45, 7) is 0.515. The lowest BCUT2D eigenvalue weighted by Crippen LogP contribution is -2.65. The molecule has 0 aromatic heterocycles. The molecule has 1 unspecified atom stereocenters. The molecule has 5 heteroatoms. The van der Waals surface area contributed by atoms with Crippen LogP contribution in [-0.4, -0.2) is 48.1 Å². The standard InChI is InChI=1S/C6H11NO4/c8-1-5(10)7-6(2-9)3-11-4-6/h1,5,7,9-10H,2-4H2. The Labute approximate surface area is 64.0 Å². The molecule has 0 saturated carbocycles. The van der Waals surface area contributed by atoms with Crippen LogP contribution < -0.4 is 5.32 Å². The summed E-state index contributed by atoms with van der Waals surface area (Å²) in [7, 11) is 0. The van der Waals surface area contributed by atoms with Gasteiger partial charge in [-0.1, -0.05) is 0 Å². The van der Waals surface area contributed by atoms with Crippen molar-refractivity contribution in [1.29, 1.82) is 0 Å². The van der Waals surface area contributed by atoms with Crippen molar-refractivity contribution >= 4 is 6.29 Å². The fraction of sp³-hybridized carbons (Fsp3) is 0.833. The van der Waals surface area contributed by atoms with Crippen molar-refractivity contribution in [1.82, 2.24) is 5.32 Å². The average Bonchev–Trinajstić information content (AvgIpc) is 1.96. The highest BCUT2D eigenvalue weighted by Crippen LogP contribution is 2.15. The first kappa shape index (κ1) is 8.61. The second-order valence-corrected chi connectivity index (χ2v) is 2.66. The van der Waals surface area contributed by atoms with Gasteiger partial charge in [0.05, 0.1) is 25.4 Å². The third-order valence-corrected chi connectivity index (χ3v) is 1.64. The highest BCUT2D eigenvalue weighted by Gasteiger charge is 2.39. The Morgan fingerprint density at radius 2 is 2.36 bits per heavy atom. The molecule has 1 heterocycles. The van der Waals surface area contributed by atoms with Gasteiger partial charge in [0.25, 0.3) is 0 Å². The largest absolute Gasteiger partial charge is 0.394 e. The molecule has 0 bridgehead atoms. The van der Waals surface area contributed by atoms with E-state index in [1.54, 1.807) is 0 Å². The summed E-state index contributed by atoms with van der Waals surface area (Å²) in [5, 5.41) is 20.2. The van der Waals surface area contributed by atoms with Crippen LogP contribution in [0.3, 0.4) is 0 Å². The van der Waals surface area contributed by atoms with Crippen LogP contribution in [0.5, 0.6) is 0 Å². The minimum absolute atomic E-state index is 0.141. The Bertz CT molecular complexity index is 140. The van der Waals surface area contributed by atoms with E-state index in [1.807, 2.05) is 0 Å². The Morgan fingerprint density at radius 3 is 2.64 bits per heavy atom. The van der Waals surface area contributed by atoms with E-state index in [1.165, 1.54) is 0 Å². The number of aldehydes is 1. The predicted octanol–water partition coefficient (Wildman–Crippen LogP) is -2.15. The molecule has 0 spiro atoms. The lowest BCUT2D eigenvalue weighted by atomic mass is 9.99. The molecule has 1 fully saturated rings. The van der Waals surface area contributed by atoms with Gasteiger partial charge in [0.1, 0.15) is 0 Å². The normalized spacial score (nSPS) is 23.8. The van der Waals surface area contributed by atoms with Gasteiger partial charge >= 0.3 is 0 Å². The summed E-state index contributed by atoms with van der Waals surface area (Å²) in [6, 6.07) is 0. The summed E-state index contributed by atoms with van der Waals surface area (Å²) < 4.78 is 4.82. The number of aliphatic hydroxyl groups excluding tert-OH is 2. The van der Waals surface area contributed by atoms with Crippen LogP contribution in [0, 0.1) is 0 Å². The van der Waals surface area contributed by atoms with Gasteiger partial charge in [0, 0.05) is 0 Å². The topological polar surface area (TPSA) is 78.8 Å². The molecule has 0 aromatic carbocycles. The van der Waals surface area contributed by atoms with E-state index in [0.29, 0.717) is 19.5 Å². The maximum absolute atomic E-state index is 10.0. The molecule has 1 saturated heterocycles. The van der Waals surface area contributed by atoms with E-state index >= 15 is 0 Å². The fourth-order valence-corrected chi connectivity index (χ4v) is 0.916. The Hall–Kier alpha value is -0.490. The van der Waals surface area contributed by atoms with Gasteiger partial charge in [0.2, 0.25) is 0 Å². The van der Waals surface area contributed by atoms with Crippen molar-refractivity contribution in [3.8, 4) is 0 Å². The highest BCUT2D eigenvalue weighted by molar-refractivity contribution is 5.55. The zero-order valence-corrected chi connectivity index (χ0v) is 5.99. The second-order valence-electron chi connectivity index (χ2n) is 2.66. The molecule has 11 heavy (non-hydrogen) atoms. The van der Waals surface area contributed by atoms with Gasteiger partial charge in [-0.3, -0.25) is 10.1 Å². The van der Waals surface area contributed by atoms with E-state index in [4.69, 9.17) is 14.9 Å². The number of ether oxygens (including phenoxy) is 1. The molecular formula is C6H11NO4.